The quantitative estimate of drug-likeness (QED) is 0.632. The zero-order chi connectivity index (χ0) is 13.5. The third kappa shape index (κ3) is 2.43. The second-order valence-electron chi connectivity index (χ2n) is 3.63. The second-order valence-corrected chi connectivity index (χ2v) is 3.63. The summed E-state index contributed by atoms with van der Waals surface area (Å²) >= 11 is 0. The molecule has 2 aromatic rings. The van der Waals surface area contributed by atoms with Crippen LogP contribution in [0.4, 0.5) is 0 Å². The lowest BCUT2D eigenvalue weighted by molar-refractivity contribution is 1.50. The molecule has 0 aliphatic rings. The van der Waals surface area contributed by atoms with Gasteiger partial charge in [-0.2, -0.15) is 0 Å². The maximum atomic E-state index is 3.88. The first-order chi connectivity index (χ1) is 8.81. The molecule has 2 aromatic carbocycles. The molecule has 0 unspecified atom stereocenters. The van der Waals surface area contributed by atoms with Gasteiger partial charge in [0.15, 0.2) is 0 Å². The van der Waals surface area contributed by atoms with E-state index in [4.69, 9.17) is 0 Å². The Labute approximate surface area is 110 Å². The first-order valence-corrected chi connectivity index (χ1v) is 6.25. The molecule has 2 rings (SSSR count). The molecule has 0 heterocycles. The molecule has 0 heteroatoms. The zero-order valence-corrected chi connectivity index (χ0v) is 11.2. The van der Waals surface area contributed by atoms with E-state index >= 15 is 0 Å². The molecular weight excluding hydrogens is 216 g/mol. The Hall–Kier alpha value is -2.08. The maximum Gasteiger partial charge on any atom is -0.0105 e. The minimum absolute atomic E-state index is 1.10. The average molecular weight is 236 g/mol. The molecule has 0 bridgehead atoms. The van der Waals surface area contributed by atoms with Crippen LogP contribution < -0.4 is 0 Å². The summed E-state index contributed by atoms with van der Waals surface area (Å²) in [5, 5.41) is 2.41. The lowest BCUT2D eigenvalue weighted by atomic mass is 9.94. The van der Waals surface area contributed by atoms with Crippen LogP contribution >= 0.6 is 0 Å². The Morgan fingerprint density at radius 1 is 0.833 bits per heavy atom. The molecule has 92 valence electrons. The van der Waals surface area contributed by atoms with E-state index in [-0.39, 0.29) is 0 Å². The van der Waals surface area contributed by atoms with Gasteiger partial charge in [-0.3, -0.25) is 0 Å². The van der Waals surface area contributed by atoms with Crippen molar-refractivity contribution >= 4 is 29.0 Å². The summed E-state index contributed by atoms with van der Waals surface area (Å²) in [7, 11) is 0. The SMILES string of the molecule is C=Cc1cc2ccccc2c(C=C)c1C=C.CC. The lowest BCUT2D eigenvalue weighted by Gasteiger charge is -2.10. The lowest BCUT2D eigenvalue weighted by Crippen LogP contribution is -1.88. The largest absolute Gasteiger partial charge is 0.0984 e. The van der Waals surface area contributed by atoms with E-state index in [2.05, 4.69) is 37.9 Å². The van der Waals surface area contributed by atoms with Gasteiger partial charge >= 0.3 is 0 Å². The van der Waals surface area contributed by atoms with Crippen molar-refractivity contribution in [2.45, 2.75) is 13.8 Å². The van der Waals surface area contributed by atoms with Crippen LogP contribution in [-0.2, 0) is 0 Å². The van der Waals surface area contributed by atoms with Gasteiger partial charge in [0, 0.05) is 0 Å². The number of benzene rings is 2. The molecule has 0 aliphatic heterocycles. The summed E-state index contributed by atoms with van der Waals surface area (Å²) < 4.78 is 0. The molecule has 0 saturated carbocycles. The topological polar surface area (TPSA) is 0 Å². The summed E-state index contributed by atoms with van der Waals surface area (Å²) in [4.78, 5) is 0. The monoisotopic (exact) mass is 236 g/mol. The van der Waals surface area contributed by atoms with Gasteiger partial charge in [-0.25, -0.2) is 0 Å². The van der Waals surface area contributed by atoms with Crippen molar-refractivity contribution in [1.29, 1.82) is 0 Å². The minimum Gasteiger partial charge on any atom is -0.0984 e. The van der Waals surface area contributed by atoms with E-state index in [1.807, 2.05) is 44.2 Å². The van der Waals surface area contributed by atoms with Crippen LogP contribution in [0.25, 0.3) is 29.0 Å². The van der Waals surface area contributed by atoms with Crippen LogP contribution in [-0.4, -0.2) is 0 Å². The van der Waals surface area contributed by atoms with E-state index in [1.165, 1.54) is 10.8 Å². The van der Waals surface area contributed by atoms with E-state index in [9.17, 15) is 0 Å². The molecule has 0 amide bonds. The third-order valence-corrected chi connectivity index (χ3v) is 2.79. The van der Waals surface area contributed by atoms with Gasteiger partial charge in [0.25, 0.3) is 0 Å². The van der Waals surface area contributed by atoms with Crippen LogP contribution in [0.3, 0.4) is 0 Å². The van der Waals surface area contributed by atoms with Gasteiger partial charge in [-0.05, 0) is 33.5 Å². The highest BCUT2D eigenvalue weighted by Gasteiger charge is 2.06. The first-order valence-electron chi connectivity index (χ1n) is 6.25. The molecule has 0 aromatic heterocycles. The standard InChI is InChI=1S/C16H14.C2H6/c1-4-12-11-13-9-7-8-10-16(13)15(6-3)14(12)5-2;1-2/h4-11H,1-3H2;1-2H3. The molecule has 0 aliphatic carbocycles. The van der Waals surface area contributed by atoms with Crippen molar-refractivity contribution in [3.05, 3.63) is 66.8 Å². The minimum atomic E-state index is 1.10. The van der Waals surface area contributed by atoms with E-state index in [1.54, 1.807) is 0 Å². The normalized spacial score (nSPS) is 9.22. The highest BCUT2D eigenvalue weighted by atomic mass is 14.1. The van der Waals surface area contributed by atoms with Gasteiger partial charge < -0.3 is 0 Å². The fraction of sp³-hybridized carbons (Fsp3) is 0.111. The summed E-state index contributed by atoms with van der Waals surface area (Å²) in [5.74, 6) is 0. The van der Waals surface area contributed by atoms with Crippen LogP contribution in [0, 0.1) is 0 Å². The Balaban J connectivity index is 0.000000771. The molecule has 0 N–H and O–H groups in total. The zero-order valence-electron chi connectivity index (χ0n) is 11.2. The molecule has 0 radical (unpaired) electrons. The molecule has 0 saturated heterocycles. The van der Waals surface area contributed by atoms with Crippen LogP contribution in [0.1, 0.15) is 30.5 Å². The van der Waals surface area contributed by atoms with Crippen molar-refractivity contribution in [2.24, 2.45) is 0 Å². The van der Waals surface area contributed by atoms with Gasteiger partial charge in [-0.1, -0.05) is 76.1 Å². The maximum absolute atomic E-state index is 3.88. The number of rotatable bonds is 3. The fourth-order valence-corrected chi connectivity index (χ4v) is 2.03. The highest BCUT2D eigenvalue weighted by molar-refractivity contribution is 5.96. The van der Waals surface area contributed by atoms with Gasteiger partial charge in [-0.15, -0.1) is 0 Å². The highest BCUT2D eigenvalue weighted by Crippen LogP contribution is 2.28. The van der Waals surface area contributed by atoms with Crippen molar-refractivity contribution in [3.63, 3.8) is 0 Å². The number of hydrogen-bond donors (Lipinski definition) is 0. The van der Waals surface area contributed by atoms with Crippen LogP contribution in [0.5, 0.6) is 0 Å². The summed E-state index contributed by atoms with van der Waals surface area (Å²) in [5.41, 5.74) is 3.33. The van der Waals surface area contributed by atoms with E-state index in [0.29, 0.717) is 0 Å². The van der Waals surface area contributed by atoms with Gasteiger partial charge in [0.05, 0.1) is 0 Å². The van der Waals surface area contributed by atoms with Crippen molar-refractivity contribution in [2.75, 3.05) is 0 Å². The van der Waals surface area contributed by atoms with Crippen molar-refractivity contribution in [3.8, 4) is 0 Å². The van der Waals surface area contributed by atoms with Crippen LogP contribution in [0.15, 0.2) is 50.1 Å². The smallest absolute Gasteiger partial charge is 0.0105 e. The molecule has 0 atom stereocenters. The molecule has 18 heavy (non-hydrogen) atoms. The van der Waals surface area contributed by atoms with E-state index < -0.39 is 0 Å². The Kier molecular flexibility index (Phi) is 5.13. The van der Waals surface area contributed by atoms with Crippen molar-refractivity contribution in [1.82, 2.24) is 0 Å². The first kappa shape index (κ1) is 14.0. The van der Waals surface area contributed by atoms with Crippen molar-refractivity contribution < 1.29 is 0 Å². The summed E-state index contributed by atoms with van der Waals surface area (Å²) in [6, 6.07) is 10.4. The number of hydrogen-bond acceptors (Lipinski definition) is 0. The van der Waals surface area contributed by atoms with Gasteiger partial charge in [0.2, 0.25) is 0 Å². The predicted molar refractivity (Wildman–Crippen MR) is 85.6 cm³/mol. The Morgan fingerprint density at radius 3 is 2.00 bits per heavy atom. The molecule has 0 fully saturated rings. The average Bonchev–Trinajstić information content (AvgIpc) is 2.46. The predicted octanol–water partition coefficient (Wildman–Crippen LogP) is 5.80. The van der Waals surface area contributed by atoms with Crippen LogP contribution in [0.2, 0.25) is 0 Å². The number of fused-ring (bicyclic) bond motifs is 1. The molecular formula is C18H20. The van der Waals surface area contributed by atoms with E-state index in [0.717, 1.165) is 16.7 Å². The molecule has 0 spiro atoms. The Bertz CT molecular complexity index is 574. The van der Waals surface area contributed by atoms with Gasteiger partial charge in [0.1, 0.15) is 0 Å². The summed E-state index contributed by atoms with van der Waals surface area (Å²) in [6.45, 7) is 15.6. The third-order valence-electron chi connectivity index (χ3n) is 2.79. The second kappa shape index (κ2) is 6.61. The Morgan fingerprint density at radius 2 is 1.44 bits per heavy atom. The fourth-order valence-electron chi connectivity index (χ4n) is 2.03. The summed E-state index contributed by atoms with van der Waals surface area (Å²) in [6.07, 6.45) is 5.60. The molecule has 0 nitrogen and oxygen atoms in total.